The molecule has 1 saturated carbocycles. The van der Waals surface area contributed by atoms with Gasteiger partial charge in [-0.25, -0.2) is 4.79 Å². The predicted octanol–water partition coefficient (Wildman–Crippen LogP) is 1.22. The van der Waals surface area contributed by atoms with Crippen LogP contribution in [0.25, 0.3) is 0 Å². The second-order valence-corrected chi connectivity index (χ2v) is 4.61. The van der Waals surface area contributed by atoms with Gasteiger partial charge in [-0.1, -0.05) is 0 Å². The molecule has 86 valence electrons. The van der Waals surface area contributed by atoms with Crippen LogP contribution in [0, 0.1) is 5.92 Å². The second kappa shape index (κ2) is 4.84. The van der Waals surface area contributed by atoms with E-state index in [1.165, 1.54) is 26.4 Å². The van der Waals surface area contributed by atoms with Crippen molar-refractivity contribution in [2.75, 3.05) is 26.7 Å². The number of carbonyl (C=O) groups excluding carboxylic acids is 1. The third kappa shape index (κ3) is 3.09. The monoisotopic (exact) mass is 212 g/mol. The molecule has 4 heteroatoms. The minimum absolute atomic E-state index is 0.187. The van der Waals surface area contributed by atoms with Crippen molar-refractivity contribution in [3.05, 3.63) is 0 Å². The van der Waals surface area contributed by atoms with Crippen LogP contribution in [-0.4, -0.2) is 43.8 Å². The van der Waals surface area contributed by atoms with E-state index in [9.17, 15) is 4.79 Å². The van der Waals surface area contributed by atoms with Gasteiger partial charge in [-0.2, -0.15) is 0 Å². The van der Waals surface area contributed by atoms with Crippen LogP contribution in [0.3, 0.4) is 0 Å². The first-order chi connectivity index (χ1) is 7.29. The summed E-state index contributed by atoms with van der Waals surface area (Å²) in [6, 6.07) is 0.471. The Balaban J connectivity index is 1.72. The van der Waals surface area contributed by atoms with Crippen LogP contribution < -0.4 is 5.32 Å². The normalized spacial score (nSPS) is 26.5. The first kappa shape index (κ1) is 10.7. The third-order valence-corrected chi connectivity index (χ3v) is 3.25. The second-order valence-electron chi connectivity index (χ2n) is 4.61. The maximum atomic E-state index is 11.3. The van der Waals surface area contributed by atoms with E-state index in [1.54, 1.807) is 4.90 Å². The van der Waals surface area contributed by atoms with E-state index in [0.29, 0.717) is 6.04 Å². The van der Waals surface area contributed by atoms with Gasteiger partial charge in [-0.05, 0) is 38.1 Å². The molecule has 2 rings (SSSR count). The summed E-state index contributed by atoms with van der Waals surface area (Å²) in [5, 5.41) is 3.54. The number of carbonyl (C=O) groups is 1. The fourth-order valence-electron chi connectivity index (χ4n) is 2.09. The van der Waals surface area contributed by atoms with Crippen molar-refractivity contribution in [3.8, 4) is 0 Å². The quantitative estimate of drug-likeness (QED) is 0.764. The van der Waals surface area contributed by atoms with Gasteiger partial charge < -0.3 is 15.0 Å². The summed E-state index contributed by atoms with van der Waals surface area (Å²) in [6.45, 7) is 2.77. The molecule has 0 bridgehead atoms. The average Bonchev–Trinajstić information content (AvgIpc) is 3.09. The Morgan fingerprint density at radius 2 is 2.27 bits per heavy atom. The summed E-state index contributed by atoms with van der Waals surface area (Å²) in [4.78, 5) is 13.1. The fourth-order valence-corrected chi connectivity index (χ4v) is 2.09. The number of amides is 1. The molecular formula is C11H20N2O2. The molecule has 4 nitrogen and oxygen atoms in total. The zero-order valence-electron chi connectivity index (χ0n) is 9.37. The molecule has 1 saturated heterocycles. The number of ether oxygens (including phenoxy) is 1. The van der Waals surface area contributed by atoms with E-state index in [-0.39, 0.29) is 6.09 Å². The van der Waals surface area contributed by atoms with Crippen LogP contribution in [0.2, 0.25) is 0 Å². The van der Waals surface area contributed by atoms with Crippen molar-refractivity contribution in [1.29, 1.82) is 0 Å². The minimum Gasteiger partial charge on any atom is -0.453 e. The summed E-state index contributed by atoms with van der Waals surface area (Å²) in [6.07, 6.45) is 4.83. The zero-order valence-corrected chi connectivity index (χ0v) is 9.37. The molecule has 0 radical (unpaired) electrons. The largest absolute Gasteiger partial charge is 0.453 e. The highest BCUT2D eigenvalue weighted by molar-refractivity contribution is 5.67. The smallest absolute Gasteiger partial charge is 0.409 e. The first-order valence-corrected chi connectivity index (χ1v) is 5.86. The van der Waals surface area contributed by atoms with Gasteiger partial charge in [0.15, 0.2) is 0 Å². The molecule has 1 amide bonds. The average molecular weight is 212 g/mol. The minimum atomic E-state index is -0.187. The van der Waals surface area contributed by atoms with Crippen LogP contribution in [0.15, 0.2) is 0 Å². The number of hydrogen-bond donors (Lipinski definition) is 1. The predicted molar refractivity (Wildman–Crippen MR) is 57.7 cm³/mol. The lowest BCUT2D eigenvalue weighted by atomic mass is 10.1. The van der Waals surface area contributed by atoms with Crippen molar-refractivity contribution in [1.82, 2.24) is 10.2 Å². The Bertz CT molecular complexity index is 229. The van der Waals surface area contributed by atoms with Crippen molar-refractivity contribution in [2.24, 2.45) is 5.92 Å². The molecule has 1 aliphatic heterocycles. The molecule has 0 aromatic heterocycles. The molecular weight excluding hydrogens is 192 g/mol. The molecule has 1 N–H and O–H groups in total. The highest BCUT2D eigenvalue weighted by Crippen LogP contribution is 2.28. The van der Waals surface area contributed by atoms with Crippen LogP contribution in [-0.2, 0) is 4.74 Å². The Morgan fingerprint density at radius 1 is 1.47 bits per heavy atom. The van der Waals surface area contributed by atoms with Crippen molar-refractivity contribution >= 4 is 6.09 Å². The van der Waals surface area contributed by atoms with Gasteiger partial charge in [0.1, 0.15) is 0 Å². The van der Waals surface area contributed by atoms with Crippen LogP contribution in [0.1, 0.15) is 25.7 Å². The number of hydrogen-bond acceptors (Lipinski definition) is 3. The standard InChI is InChI=1S/C11H20N2O2/c1-15-11(14)13-6-2-3-10(8-13)12-7-9-4-5-9/h9-10,12H,2-8H2,1H3. The SMILES string of the molecule is COC(=O)N1CCCC(NCC2CC2)C1. The van der Waals surface area contributed by atoms with E-state index < -0.39 is 0 Å². The molecule has 2 aliphatic rings. The molecule has 0 spiro atoms. The molecule has 0 aromatic rings. The van der Waals surface area contributed by atoms with E-state index in [4.69, 9.17) is 4.74 Å². The zero-order chi connectivity index (χ0) is 10.7. The van der Waals surface area contributed by atoms with Crippen molar-refractivity contribution in [3.63, 3.8) is 0 Å². The van der Waals surface area contributed by atoms with E-state index in [0.717, 1.165) is 32.0 Å². The topological polar surface area (TPSA) is 41.6 Å². The number of likely N-dealkylation sites (tertiary alicyclic amines) is 1. The van der Waals surface area contributed by atoms with E-state index in [2.05, 4.69) is 5.32 Å². The van der Waals surface area contributed by atoms with Gasteiger partial charge in [0.2, 0.25) is 0 Å². The van der Waals surface area contributed by atoms with Gasteiger partial charge in [-0.3, -0.25) is 0 Å². The molecule has 15 heavy (non-hydrogen) atoms. The number of piperidine rings is 1. The van der Waals surface area contributed by atoms with Crippen LogP contribution in [0.5, 0.6) is 0 Å². The lowest BCUT2D eigenvalue weighted by Gasteiger charge is -2.32. The van der Waals surface area contributed by atoms with E-state index in [1.807, 2.05) is 0 Å². The first-order valence-electron chi connectivity index (χ1n) is 5.86. The molecule has 1 unspecified atom stereocenters. The number of nitrogens with one attached hydrogen (secondary N) is 1. The lowest BCUT2D eigenvalue weighted by molar-refractivity contribution is 0.107. The third-order valence-electron chi connectivity index (χ3n) is 3.25. The molecule has 0 aromatic carbocycles. The van der Waals surface area contributed by atoms with Crippen molar-refractivity contribution in [2.45, 2.75) is 31.7 Å². The summed E-state index contributed by atoms with van der Waals surface area (Å²) in [5.41, 5.74) is 0. The van der Waals surface area contributed by atoms with Crippen LogP contribution >= 0.6 is 0 Å². The summed E-state index contributed by atoms with van der Waals surface area (Å²) < 4.78 is 4.74. The Labute approximate surface area is 91.0 Å². The maximum absolute atomic E-state index is 11.3. The number of rotatable bonds is 3. The van der Waals surface area contributed by atoms with Crippen LogP contribution in [0.4, 0.5) is 4.79 Å². The Hall–Kier alpha value is -0.770. The Kier molecular flexibility index (Phi) is 3.46. The number of nitrogens with zero attached hydrogens (tertiary/aromatic N) is 1. The molecule has 2 fully saturated rings. The van der Waals surface area contributed by atoms with Gasteiger partial charge in [0.05, 0.1) is 7.11 Å². The van der Waals surface area contributed by atoms with Crippen molar-refractivity contribution < 1.29 is 9.53 Å². The summed E-state index contributed by atoms with van der Waals surface area (Å²) in [5.74, 6) is 0.901. The van der Waals surface area contributed by atoms with Gasteiger partial charge >= 0.3 is 6.09 Å². The lowest BCUT2D eigenvalue weighted by Crippen LogP contribution is -2.48. The maximum Gasteiger partial charge on any atom is 0.409 e. The summed E-state index contributed by atoms with van der Waals surface area (Å²) in [7, 11) is 1.45. The fraction of sp³-hybridized carbons (Fsp3) is 0.909. The van der Waals surface area contributed by atoms with E-state index >= 15 is 0 Å². The molecule has 1 aliphatic carbocycles. The number of methoxy groups -OCH3 is 1. The highest BCUT2D eigenvalue weighted by Gasteiger charge is 2.26. The van der Waals surface area contributed by atoms with Gasteiger partial charge in [-0.15, -0.1) is 0 Å². The Morgan fingerprint density at radius 3 is 2.93 bits per heavy atom. The van der Waals surface area contributed by atoms with Gasteiger partial charge in [0.25, 0.3) is 0 Å². The molecule has 1 atom stereocenters. The summed E-state index contributed by atoms with van der Waals surface area (Å²) >= 11 is 0. The van der Waals surface area contributed by atoms with Gasteiger partial charge in [0, 0.05) is 19.1 Å². The molecule has 1 heterocycles. The highest BCUT2D eigenvalue weighted by atomic mass is 16.5.